The lowest BCUT2D eigenvalue weighted by atomic mass is 9.92. The van der Waals surface area contributed by atoms with Gasteiger partial charge in [0.2, 0.25) is 0 Å². The number of aromatic nitrogens is 1. The van der Waals surface area contributed by atoms with E-state index in [0.29, 0.717) is 0 Å². The van der Waals surface area contributed by atoms with Crippen LogP contribution in [0.15, 0.2) is 41.0 Å². The number of hydrogen-bond acceptors (Lipinski definition) is 1. The molecule has 0 atom stereocenters. The first-order valence-corrected chi connectivity index (χ1v) is 9.39. The molecule has 0 saturated carbocycles. The third kappa shape index (κ3) is 3.55. The fourth-order valence-corrected chi connectivity index (χ4v) is 4.43. The predicted octanol–water partition coefficient (Wildman–Crippen LogP) is 7.03. The van der Waals surface area contributed by atoms with Gasteiger partial charge in [0.25, 0.3) is 0 Å². The number of halogens is 1. The van der Waals surface area contributed by atoms with Crippen molar-refractivity contribution in [1.82, 2.24) is 4.98 Å². The Hall–Kier alpha value is -1.93. The zero-order valence-corrected chi connectivity index (χ0v) is 17.4. The third-order valence-electron chi connectivity index (χ3n) is 4.69. The van der Waals surface area contributed by atoms with Crippen molar-refractivity contribution in [3.8, 4) is 22.4 Å². The number of aryl methyl sites for hydroxylation is 6. The molecule has 0 aliphatic carbocycles. The summed E-state index contributed by atoms with van der Waals surface area (Å²) in [4.78, 5) is 4.77. The van der Waals surface area contributed by atoms with Crippen molar-refractivity contribution in [3.05, 3.63) is 74.4 Å². The lowest BCUT2D eigenvalue weighted by molar-refractivity contribution is 1.23. The average molecular weight is 394 g/mol. The Morgan fingerprint density at radius 3 is 1.52 bits per heavy atom. The summed E-state index contributed by atoms with van der Waals surface area (Å²) in [7, 11) is 0. The fraction of sp³-hybridized carbons (Fsp3) is 0.261. The molecule has 1 nitrogen and oxygen atoms in total. The molecule has 2 heteroatoms. The highest BCUT2D eigenvalue weighted by Gasteiger charge is 2.13. The second kappa shape index (κ2) is 6.76. The van der Waals surface area contributed by atoms with Crippen LogP contribution in [0.1, 0.15) is 33.4 Å². The van der Waals surface area contributed by atoms with Crippen molar-refractivity contribution in [3.63, 3.8) is 0 Å². The molecule has 0 fully saturated rings. The number of benzene rings is 2. The molecule has 0 N–H and O–H groups in total. The van der Waals surface area contributed by atoms with E-state index in [4.69, 9.17) is 4.98 Å². The number of pyridine rings is 1. The molecule has 0 saturated heterocycles. The van der Waals surface area contributed by atoms with Gasteiger partial charge in [-0.25, -0.2) is 4.98 Å². The topological polar surface area (TPSA) is 12.9 Å². The monoisotopic (exact) mass is 393 g/mol. The molecule has 0 spiro atoms. The summed E-state index contributed by atoms with van der Waals surface area (Å²) in [5.41, 5.74) is 12.5. The van der Waals surface area contributed by atoms with Crippen molar-refractivity contribution >= 4 is 15.9 Å². The molecule has 25 heavy (non-hydrogen) atoms. The minimum absolute atomic E-state index is 0.874. The van der Waals surface area contributed by atoms with Crippen LogP contribution in [0.5, 0.6) is 0 Å². The number of hydrogen-bond donors (Lipinski definition) is 0. The number of rotatable bonds is 2. The summed E-state index contributed by atoms with van der Waals surface area (Å²) < 4.78 is 0.874. The van der Waals surface area contributed by atoms with Gasteiger partial charge in [-0.15, -0.1) is 0 Å². The molecular weight excluding hydrogens is 370 g/mol. The maximum Gasteiger partial charge on any atom is 0.107 e. The zero-order chi connectivity index (χ0) is 18.3. The van der Waals surface area contributed by atoms with Crippen LogP contribution < -0.4 is 0 Å². The second-order valence-electron chi connectivity index (χ2n) is 7.11. The smallest absolute Gasteiger partial charge is 0.107 e. The molecule has 128 valence electrons. The van der Waals surface area contributed by atoms with Gasteiger partial charge in [-0.2, -0.15) is 0 Å². The van der Waals surface area contributed by atoms with Crippen LogP contribution in [0.3, 0.4) is 0 Å². The van der Waals surface area contributed by atoms with Crippen molar-refractivity contribution < 1.29 is 0 Å². The van der Waals surface area contributed by atoms with Gasteiger partial charge in [0, 0.05) is 5.56 Å². The van der Waals surface area contributed by atoms with Crippen LogP contribution in [-0.2, 0) is 0 Å². The molecule has 0 bridgehead atoms. The fourth-order valence-electron chi connectivity index (χ4n) is 3.99. The molecule has 0 amide bonds. The summed E-state index contributed by atoms with van der Waals surface area (Å²) in [5, 5.41) is 0. The summed E-state index contributed by atoms with van der Waals surface area (Å²) >= 11 is 3.62. The van der Waals surface area contributed by atoms with Crippen LogP contribution >= 0.6 is 15.9 Å². The van der Waals surface area contributed by atoms with E-state index in [1.165, 1.54) is 50.1 Å². The van der Waals surface area contributed by atoms with Gasteiger partial charge in [-0.3, -0.25) is 0 Å². The van der Waals surface area contributed by atoms with Gasteiger partial charge in [0.1, 0.15) is 4.60 Å². The van der Waals surface area contributed by atoms with Gasteiger partial charge < -0.3 is 0 Å². The molecule has 0 unspecified atom stereocenters. The molecule has 3 aromatic rings. The minimum Gasteiger partial charge on any atom is -0.241 e. The third-order valence-corrected chi connectivity index (χ3v) is 5.10. The van der Waals surface area contributed by atoms with E-state index in [1.807, 2.05) is 0 Å². The lowest BCUT2D eigenvalue weighted by Crippen LogP contribution is -1.96. The summed E-state index contributed by atoms with van der Waals surface area (Å²) in [6, 6.07) is 13.3. The quantitative estimate of drug-likeness (QED) is 0.425. The van der Waals surface area contributed by atoms with Crippen molar-refractivity contribution in [2.75, 3.05) is 0 Å². The molecule has 2 aromatic carbocycles. The highest BCUT2D eigenvalue weighted by molar-refractivity contribution is 9.10. The first kappa shape index (κ1) is 17.9. The molecule has 1 aromatic heterocycles. The highest BCUT2D eigenvalue weighted by Crippen LogP contribution is 2.35. The Kier molecular flexibility index (Phi) is 4.83. The molecule has 1 heterocycles. The summed E-state index contributed by atoms with van der Waals surface area (Å²) in [6.07, 6.45) is 0. The maximum absolute atomic E-state index is 4.77. The van der Waals surface area contributed by atoms with Gasteiger partial charge in [0.15, 0.2) is 0 Å². The first-order chi connectivity index (χ1) is 11.8. The molecular formula is C23H24BrN. The van der Waals surface area contributed by atoms with Gasteiger partial charge in [-0.1, -0.05) is 35.4 Å². The maximum atomic E-state index is 4.77. The van der Waals surface area contributed by atoms with E-state index < -0.39 is 0 Å². The van der Waals surface area contributed by atoms with Crippen molar-refractivity contribution in [2.24, 2.45) is 0 Å². The first-order valence-electron chi connectivity index (χ1n) is 8.60. The summed E-state index contributed by atoms with van der Waals surface area (Å²) in [5.74, 6) is 0. The Morgan fingerprint density at radius 1 is 0.600 bits per heavy atom. The van der Waals surface area contributed by atoms with E-state index in [1.54, 1.807) is 0 Å². The van der Waals surface area contributed by atoms with Crippen molar-refractivity contribution in [2.45, 2.75) is 41.5 Å². The molecule has 0 radical (unpaired) electrons. The van der Waals surface area contributed by atoms with E-state index in [9.17, 15) is 0 Å². The second-order valence-corrected chi connectivity index (χ2v) is 7.92. The minimum atomic E-state index is 0.874. The average Bonchev–Trinajstić information content (AvgIpc) is 2.44. The van der Waals surface area contributed by atoms with Crippen LogP contribution in [0.2, 0.25) is 0 Å². The van der Waals surface area contributed by atoms with Crippen LogP contribution in [0.25, 0.3) is 22.4 Å². The lowest BCUT2D eigenvalue weighted by Gasteiger charge is -2.15. The number of nitrogens with zero attached hydrogens (tertiary/aromatic N) is 1. The van der Waals surface area contributed by atoms with Gasteiger partial charge in [-0.05, 0) is 103 Å². The van der Waals surface area contributed by atoms with Crippen LogP contribution in [0, 0.1) is 41.5 Å². The van der Waals surface area contributed by atoms with E-state index in [0.717, 1.165) is 10.3 Å². The van der Waals surface area contributed by atoms with E-state index in [2.05, 4.69) is 93.9 Å². The SMILES string of the molecule is Cc1cc(C)c(-c2cc(Br)nc(-c3c(C)cc(C)cc3C)c2)c(C)c1. The van der Waals surface area contributed by atoms with Crippen LogP contribution in [-0.4, -0.2) is 4.98 Å². The normalized spacial score (nSPS) is 11.0. The van der Waals surface area contributed by atoms with Gasteiger partial charge in [0.05, 0.1) is 5.69 Å². The van der Waals surface area contributed by atoms with Crippen molar-refractivity contribution in [1.29, 1.82) is 0 Å². The Balaban J connectivity index is 2.25. The molecule has 0 aliphatic rings. The van der Waals surface area contributed by atoms with Gasteiger partial charge >= 0.3 is 0 Å². The highest BCUT2D eigenvalue weighted by atomic mass is 79.9. The van der Waals surface area contributed by atoms with Crippen LogP contribution in [0.4, 0.5) is 0 Å². The predicted molar refractivity (Wildman–Crippen MR) is 111 cm³/mol. The standard InChI is InChI=1S/C23H24BrN/c1-13-7-15(3)22(16(4)8-13)19-11-20(25-21(24)12-19)23-17(5)9-14(2)10-18(23)6/h7-12H,1-6H3. The largest absolute Gasteiger partial charge is 0.241 e. The van der Waals surface area contributed by atoms with E-state index in [-0.39, 0.29) is 0 Å². The Morgan fingerprint density at radius 2 is 1.04 bits per heavy atom. The zero-order valence-electron chi connectivity index (χ0n) is 15.8. The Bertz CT molecular complexity index is 848. The summed E-state index contributed by atoms with van der Waals surface area (Å²) in [6.45, 7) is 13.0. The Labute approximate surface area is 159 Å². The molecule has 0 aliphatic heterocycles. The van der Waals surface area contributed by atoms with E-state index >= 15 is 0 Å². The molecule has 3 rings (SSSR count).